The van der Waals surface area contributed by atoms with Gasteiger partial charge in [-0.1, -0.05) is 163 Å². The molecule has 0 aliphatic heterocycles. The van der Waals surface area contributed by atoms with E-state index in [1.54, 1.807) is 12.1 Å². The summed E-state index contributed by atoms with van der Waals surface area (Å²) in [6.07, 6.45) is 0. The third-order valence-electron chi connectivity index (χ3n) is 9.88. The van der Waals surface area contributed by atoms with Crippen molar-refractivity contribution in [3.8, 4) is 44.5 Å². The third kappa shape index (κ3) is 4.00. The maximum absolute atomic E-state index is 9.57. The summed E-state index contributed by atoms with van der Waals surface area (Å²) in [5, 5.41) is 5.97. The normalized spacial score (nSPS) is 15.9. The van der Waals surface area contributed by atoms with E-state index in [0.29, 0.717) is 11.1 Å². The topological polar surface area (TPSA) is 0 Å². The lowest BCUT2D eigenvalue weighted by Gasteiger charge is -2.18. The van der Waals surface area contributed by atoms with Gasteiger partial charge in [0.05, 0.1) is 19.2 Å². The zero-order chi connectivity index (χ0) is 44.9. The SMILES string of the molecule is [2H]c1c([2H])c([2H])c(-c2cc(-c3ccccc3-c3ccc4ccc5cccc6ccc3c4c56)cc(-c3c([2H])c([2H])c4c([2H])c([2H])c5c([2H])c([2H])c([2H])c6c([2H])c([2H])c3c4c56)c2)c([2H])c1[2H]. The van der Waals surface area contributed by atoms with Crippen LogP contribution in [0, 0.1) is 0 Å². The number of hydrogen-bond acceptors (Lipinski definition) is 0. The summed E-state index contributed by atoms with van der Waals surface area (Å²) in [5.41, 5.74) is 3.13. The Morgan fingerprint density at radius 1 is 0.280 bits per heavy atom. The van der Waals surface area contributed by atoms with E-state index in [9.17, 15) is 5.48 Å². The average molecular weight is 645 g/mol. The minimum absolute atomic E-state index is 0.00843. The molecule has 0 aromatic heterocycles. The Morgan fingerprint density at radius 2 is 0.860 bits per heavy atom. The summed E-state index contributed by atoms with van der Waals surface area (Å²) in [6, 6.07) is 24.3. The lowest BCUT2D eigenvalue weighted by molar-refractivity contribution is 1.57. The first-order valence-corrected chi connectivity index (χ1v) is 16.3. The second-order valence-electron chi connectivity index (χ2n) is 12.6. The van der Waals surface area contributed by atoms with Crippen LogP contribution in [0.1, 0.15) is 19.2 Å². The van der Waals surface area contributed by atoms with Crippen molar-refractivity contribution in [3.05, 3.63) is 182 Å². The van der Waals surface area contributed by atoms with Crippen molar-refractivity contribution in [3.63, 3.8) is 0 Å². The monoisotopic (exact) mass is 644 g/mol. The molecule has 0 heteroatoms. The first-order valence-electron chi connectivity index (χ1n) is 23.3. The van der Waals surface area contributed by atoms with Crippen LogP contribution < -0.4 is 0 Å². The predicted octanol–water partition coefficient (Wildman–Crippen LogP) is 14.1. The molecular formula is C50H30. The Morgan fingerprint density at radius 3 is 1.66 bits per heavy atom. The van der Waals surface area contributed by atoms with E-state index in [1.165, 1.54) is 6.07 Å². The van der Waals surface area contributed by atoms with E-state index in [0.717, 1.165) is 43.4 Å². The molecule has 11 aromatic carbocycles. The fourth-order valence-corrected chi connectivity index (χ4v) is 7.68. The second-order valence-corrected chi connectivity index (χ2v) is 12.6. The molecule has 0 amide bonds. The summed E-state index contributed by atoms with van der Waals surface area (Å²) in [4.78, 5) is 0. The van der Waals surface area contributed by atoms with Gasteiger partial charge in [-0.25, -0.2) is 0 Å². The Balaban J connectivity index is 1.29. The molecule has 0 bridgehead atoms. The van der Waals surface area contributed by atoms with E-state index >= 15 is 0 Å². The predicted molar refractivity (Wildman–Crippen MR) is 216 cm³/mol. The van der Waals surface area contributed by atoms with E-state index in [1.807, 2.05) is 30.3 Å². The summed E-state index contributed by atoms with van der Waals surface area (Å²) in [5.74, 6) is 0. The highest BCUT2D eigenvalue weighted by molar-refractivity contribution is 6.27. The van der Waals surface area contributed by atoms with E-state index in [4.69, 9.17) is 13.7 Å². The first kappa shape index (κ1) is 17.2. The third-order valence-corrected chi connectivity index (χ3v) is 9.88. The first-order chi connectivity index (χ1) is 30.6. The van der Waals surface area contributed by atoms with E-state index in [-0.39, 0.29) is 54.6 Å². The van der Waals surface area contributed by atoms with Crippen molar-refractivity contribution in [1.29, 1.82) is 0 Å². The van der Waals surface area contributed by atoms with Crippen molar-refractivity contribution in [2.75, 3.05) is 0 Å². The zero-order valence-electron chi connectivity index (χ0n) is 40.2. The van der Waals surface area contributed by atoms with Gasteiger partial charge >= 0.3 is 0 Å². The van der Waals surface area contributed by atoms with Gasteiger partial charge in [0, 0.05) is 0 Å². The molecule has 11 aromatic rings. The van der Waals surface area contributed by atoms with Crippen LogP contribution in [0.15, 0.2) is 182 Å². The molecule has 0 radical (unpaired) electrons. The van der Waals surface area contributed by atoms with Crippen molar-refractivity contribution >= 4 is 64.6 Å². The highest BCUT2D eigenvalue weighted by Crippen LogP contribution is 2.45. The second kappa shape index (κ2) is 10.5. The molecule has 0 fully saturated rings. The molecule has 0 atom stereocenters. The van der Waals surface area contributed by atoms with Crippen LogP contribution in [0.3, 0.4) is 0 Å². The molecule has 0 saturated carbocycles. The Bertz CT molecular complexity index is 3820. The molecular weight excluding hydrogens is 601 g/mol. The van der Waals surface area contributed by atoms with Crippen molar-refractivity contribution < 1.29 is 19.2 Å². The van der Waals surface area contributed by atoms with Crippen LogP contribution in [0.2, 0.25) is 0 Å². The largest absolute Gasteiger partial charge is 0.0630 e. The Kier molecular flexibility index (Phi) is 3.62. The Labute approximate surface area is 309 Å². The average Bonchev–Trinajstić information content (AvgIpc) is 3.30. The molecule has 230 valence electrons. The Hall–Kier alpha value is -6.50. The number of hydrogen-bond donors (Lipinski definition) is 0. The van der Waals surface area contributed by atoms with Crippen LogP contribution in [-0.2, 0) is 0 Å². The quantitative estimate of drug-likeness (QED) is 0.167. The highest BCUT2D eigenvalue weighted by atomic mass is 14.2. The van der Waals surface area contributed by atoms with Crippen LogP contribution in [0.25, 0.3) is 109 Å². The van der Waals surface area contributed by atoms with Gasteiger partial charge in [-0.3, -0.25) is 0 Å². The maximum Gasteiger partial charge on any atom is 0.0630 e. The fourth-order valence-electron chi connectivity index (χ4n) is 7.68. The lowest BCUT2D eigenvalue weighted by atomic mass is 9.85. The number of benzene rings is 11. The van der Waals surface area contributed by atoms with E-state index in [2.05, 4.69) is 48.5 Å². The minimum Gasteiger partial charge on any atom is -0.0622 e. The minimum atomic E-state index is -0.575. The standard InChI is InChI=1S/C50H30/c1-2-8-31(9-3-1)38-28-39(30-40(29-38)42-24-20-36-18-16-32-10-6-12-34-22-26-45(42)49(36)47(32)34)41-14-4-5-15-43(41)44-25-21-37-19-17-33-11-7-13-35-23-27-46(44)50(37)48(33)35/h1-30H/i1D,2D,3D,6D,8D,9D,10D,12D,16D,18D,20D,22D,24D,26D. The fraction of sp³-hybridized carbons (Fsp3) is 0. The van der Waals surface area contributed by atoms with Crippen LogP contribution >= 0.6 is 0 Å². The highest BCUT2D eigenvalue weighted by Gasteiger charge is 2.18. The molecule has 0 unspecified atom stereocenters. The van der Waals surface area contributed by atoms with Gasteiger partial charge in [0.15, 0.2) is 0 Å². The molecule has 0 aliphatic rings. The van der Waals surface area contributed by atoms with Gasteiger partial charge in [0.1, 0.15) is 0 Å². The van der Waals surface area contributed by atoms with Gasteiger partial charge in [-0.05, 0) is 127 Å². The molecule has 0 aliphatic carbocycles. The van der Waals surface area contributed by atoms with Crippen molar-refractivity contribution in [2.45, 2.75) is 0 Å². The van der Waals surface area contributed by atoms with Crippen LogP contribution in [-0.4, -0.2) is 0 Å². The van der Waals surface area contributed by atoms with Crippen molar-refractivity contribution in [2.24, 2.45) is 0 Å². The van der Waals surface area contributed by atoms with Crippen LogP contribution in [0.5, 0.6) is 0 Å². The summed E-state index contributed by atoms with van der Waals surface area (Å²) >= 11 is 0. The van der Waals surface area contributed by atoms with Gasteiger partial charge in [-0.2, -0.15) is 0 Å². The molecule has 0 saturated heterocycles. The van der Waals surface area contributed by atoms with Crippen molar-refractivity contribution in [1.82, 2.24) is 0 Å². The number of rotatable bonds is 4. The maximum atomic E-state index is 9.57. The zero-order valence-corrected chi connectivity index (χ0v) is 26.2. The molecule has 0 spiro atoms. The lowest BCUT2D eigenvalue weighted by Crippen LogP contribution is -1.92. The molecule has 0 nitrogen and oxygen atoms in total. The van der Waals surface area contributed by atoms with Gasteiger partial charge in [0.2, 0.25) is 0 Å². The van der Waals surface area contributed by atoms with Gasteiger partial charge < -0.3 is 0 Å². The van der Waals surface area contributed by atoms with Gasteiger partial charge in [0.25, 0.3) is 0 Å². The molecule has 11 rings (SSSR count). The smallest absolute Gasteiger partial charge is 0.0622 e. The molecule has 50 heavy (non-hydrogen) atoms. The van der Waals surface area contributed by atoms with E-state index < -0.39 is 84.6 Å². The molecule has 0 N–H and O–H groups in total. The van der Waals surface area contributed by atoms with Crippen LogP contribution in [0.4, 0.5) is 0 Å². The molecule has 0 heterocycles. The summed E-state index contributed by atoms with van der Waals surface area (Å²) in [7, 11) is 0. The summed E-state index contributed by atoms with van der Waals surface area (Å²) in [6.45, 7) is 0. The summed E-state index contributed by atoms with van der Waals surface area (Å²) < 4.78 is 125. The van der Waals surface area contributed by atoms with Gasteiger partial charge in [-0.15, -0.1) is 0 Å².